The second kappa shape index (κ2) is 6.98. The Morgan fingerprint density at radius 2 is 1.95 bits per heavy atom. The van der Waals surface area contributed by atoms with Crippen molar-refractivity contribution in [2.75, 3.05) is 12.4 Å². The molecule has 0 aliphatic heterocycles. The van der Waals surface area contributed by atoms with Gasteiger partial charge in [-0.05, 0) is 30.4 Å². The topological polar surface area (TPSA) is 9.23 Å². The van der Waals surface area contributed by atoms with E-state index in [1.54, 1.807) is 0 Å². The average molecular weight is 300 g/mol. The van der Waals surface area contributed by atoms with Gasteiger partial charge in [0.2, 0.25) is 0 Å². The molecule has 1 nitrogen and oxygen atoms in total. The molecule has 0 aromatic heterocycles. The minimum atomic E-state index is -4.52. The van der Waals surface area contributed by atoms with Crippen LogP contribution in [0.2, 0.25) is 0 Å². The van der Waals surface area contributed by atoms with Crippen LogP contribution in [0, 0.1) is 0 Å². The molecular weight excluding hydrogens is 287 g/mol. The molecule has 108 valence electrons. The highest BCUT2D eigenvalue weighted by Crippen LogP contribution is 2.37. The van der Waals surface area contributed by atoms with Gasteiger partial charge in [0.05, 0.1) is 5.56 Å². The van der Waals surface area contributed by atoms with Crippen molar-refractivity contribution in [1.82, 2.24) is 0 Å². The van der Waals surface area contributed by atoms with E-state index in [9.17, 15) is 22.0 Å². The van der Waals surface area contributed by atoms with Gasteiger partial charge in [0.1, 0.15) is 12.4 Å². The van der Waals surface area contributed by atoms with E-state index in [2.05, 4.69) is 0 Å². The summed E-state index contributed by atoms with van der Waals surface area (Å²) in [5.41, 5.74) is -0.905. The summed E-state index contributed by atoms with van der Waals surface area (Å²) in [5.74, 6) is 0.532. The second-order valence-corrected chi connectivity index (χ2v) is 4.85. The molecule has 0 radical (unpaired) electrons. The fourth-order valence-electron chi connectivity index (χ4n) is 1.28. The van der Waals surface area contributed by atoms with Crippen molar-refractivity contribution in [2.24, 2.45) is 0 Å². The van der Waals surface area contributed by atoms with Crippen LogP contribution < -0.4 is 4.74 Å². The smallest absolute Gasteiger partial charge is 0.416 e. The lowest BCUT2D eigenvalue weighted by atomic mass is 10.2. The Bertz CT molecular complexity index is 406. The van der Waals surface area contributed by atoms with Crippen LogP contribution in [0.15, 0.2) is 23.1 Å². The average Bonchev–Trinajstić information content (AvgIpc) is 2.33. The molecule has 0 atom stereocenters. The molecule has 1 rings (SSSR count). The number of alkyl halides is 5. The van der Waals surface area contributed by atoms with Crippen molar-refractivity contribution < 1.29 is 26.7 Å². The third-order valence-corrected chi connectivity index (χ3v) is 3.36. The summed E-state index contributed by atoms with van der Waals surface area (Å²) in [4.78, 5) is 0.440. The van der Waals surface area contributed by atoms with E-state index in [0.29, 0.717) is 10.6 Å². The summed E-state index contributed by atoms with van der Waals surface area (Å²) >= 11 is 1.28. The monoisotopic (exact) mass is 300 g/mol. The number of hydrogen-bond acceptors (Lipinski definition) is 2. The number of halogens is 5. The molecule has 19 heavy (non-hydrogen) atoms. The first kappa shape index (κ1) is 16.1. The van der Waals surface area contributed by atoms with Crippen molar-refractivity contribution in [2.45, 2.75) is 30.8 Å². The minimum absolute atomic E-state index is 0.145. The van der Waals surface area contributed by atoms with E-state index in [4.69, 9.17) is 4.74 Å². The zero-order valence-electron chi connectivity index (χ0n) is 10.1. The standard InChI is InChI=1S/C12H13F5OS/c1-2-5-19-10-4-3-8(12(15,16)17)6-9(10)18-7-11(13)14/h3-4,6,11H,2,5,7H2,1H3. The van der Waals surface area contributed by atoms with Gasteiger partial charge in [0, 0.05) is 4.90 Å². The molecule has 0 aliphatic rings. The van der Waals surface area contributed by atoms with Gasteiger partial charge >= 0.3 is 6.18 Å². The third-order valence-electron chi connectivity index (χ3n) is 2.10. The van der Waals surface area contributed by atoms with Crippen LogP contribution in [0.25, 0.3) is 0 Å². The van der Waals surface area contributed by atoms with Crippen LogP contribution in [-0.2, 0) is 6.18 Å². The van der Waals surface area contributed by atoms with Crippen LogP contribution >= 0.6 is 11.8 Å². The van der Waals surface area contributed by atoms with Crippen LogP contribution in [-0.4, -0.2) is 18.8 Å². The van der Waals surface area contributed by atoms with Crippen LogP contribution in [0.5, 0.6) is 5.75 Å². The fraction of sp³-hybridized carbons (Fsp3) is 0.500. The number of rotatable bonds is 6. The number of thioether (sulfide) groups is 1. The van der Waals surface area contributed by atoms with Gasteiger partial charge in [-0.2, -0.15) is 13.2 Å². The largest absolute Gasteiger partial charge is 0.486 e. The predicted molar refractivity (Wildman–Crippen MR) is 64.0 cm³/mol. The lowest BCUT2D eigenvalue weighted by Crippen LogP contribution is -2.10. The van der Waals surface area contributed by atoms with Crippen molar-refractivity contribution >= 4 is 11.8 Å². The molecule has 0 amide bonds. The summed E-state index contributed by atoms with van der Waals surface area (Å²) in [6, 6.07) is 2.94. The lowest BCUT2D eigenvalue weighted by molar-refractivity contribution is -0.137. The molecule has 0 unspecified atom stereocenters. The maximum absolute atomic E-state index is 12.5. The Morgan fingerprint density at radius 1 is 1.26 bits per heavy atom. The molecule has 0 N–H and O–H groups in total. The van der Waals surface area contributed by atoms with E-state index in [-0.39, 0.29) is 5.75 Å². The quantitative estimate of drug-likeness (QED) is 0.548. The van der Waals surface area contributed by atoms with Gasteiger partial charge < -0.3 is 4.74 Å². The normalized spacial score (nSPS) is 11.9. The summed E-state index contributed by atoms with van der Waals surface area (Å²) in [6.07, 6.45) is -6.42. The number of hydrogen-bond donors (Lipinski definition) is 0. The molecule has 0 spiro atoms. The van der Waals surface area contributed by atoms with E-state index >= 15 is 0 Å². The van der Waals surface area contributed by atoms with Crippen LogP contribution in [0.1, 0.15) is 18.9 Å². The zero-order valence-corrected chi connectivity index (χ0v) is 11.0. The molecule has 1 aromatic rings. The van der Waals surface area contributed by atoms with E-state index in [0.717, 1.165) is 18.6 Å². The van der Waals surface area contributed by atoms with Crippen LogP contribution in [0.3, 0.4) is 0 Å². The summed E-state index contributed by atoms with van der Waals surface area (Å²) < 4.78 is 66.5. The first-order valence-corrected chi connectivity index (χ1v) is 6.58. The fourth-order valence-corrected chi connectivity index (χ4v) is 2.13. The van der Waals surface area contributed by atoms with Crippen molar-refractivity contribution in [3.63, 3.8) is 0 Å². The maximum Gasteiger partial charge on any atom is 0.416 e. The van der Waals surface area contributed by atoms with Gasteiger partial charge in [0.25, 0.3) is 6.43 Å². The zero-order chi connectivity index (χ0) is 14.5. The Kier molecular flexibility index (Phi) is 5.90. The predicted octanol–water partition coefficient (Wildman–Crippen LogP) is 4.85. The lowest BCUT2D eigenvalue weighted by Gasteiger charge is -2.14. The van der Waals surface area contributed by atoms with Gasteiger partial charge in [0.15, 0.2) is 0 Å². The molecular formula is C12H13F5OS. The molecule has 0 saturated heterocycles. The van der Waals surface area contributed by atoms with Crippen molar-refractivity contribution in [1.29, 1.82) is 0 Å². The highest BCUT2D eigenvalue weighted by molar-refractivity contribution is 7.99. The molecule has 7 heteroatoms. The van der Waals surface area contributed by atoms with E-state index < -0.39 is 24.8 Å². The minimum Gasteiger partial charge on any atom is -0.486 e. The van der Waals surface area contributed by atoms with Gasteiger partial charge in [-0.15, -0.1) is 11.8 Å². The number of ether oxygens (including phenoxy) is 1. The van der Waals surface area contributed by atoms with E-state index in [1.165, 1.54) is 17.8 Å². The Morgan fingerprint density at radius 3 is 2.47 bits per heavy atom. The van der Waals surface area contributed by atoms with E-state index in [1.807, 2.05) is 6.92 Å². The van der Waals surface area contributed by atoms with Gasteiger partial charge in [-0.3, -0.25) is 0 Å². The van der Waals surface area contributed by atoms with Gasteiger partial charge in [-0.25, -0.2) is 8.78 Å². The Hall–Kier alpha value is -0.980. The first-order valence-electron chi connectivity index (χ1n) is 5.59. The molecule has 0 saturated carbocycles. The highest BCUT2D eigenvalue weighted by atomic mass is 32.2. The van der Waals surface area contributed by atoms with Gasteiger partial charge in [-0.1, -0.05) is 6.92 Å². The molecule has 0 fully saturated rings. The Balaban J connectivity index is 2.96. The highest BCUT2D eigenvalue weighted by Gasteiger charge is 2.31. The molecule has 0 heterocycles. The van der Waals surface area contributed by atoms with Crippen molar-refractivity contribution in [3.8, 4) is 5.75 Å². The second-order valence-electron chi connectivity index (χ2n) is 3.71. The number of benzene rings is 1. The summed E-state index contributed by atoms with van der Waals surface area (Å²) in [7, 11) is 0. The van der Waals surface area contributed by atoms with Crippen LogP contribution in [0.4, 0.5) is 22.0 Å². The Labute approximate surface area is 112 Å². The first-order chi connectivity index (χ1) is 8.84. The third kappa shape index (κ3) is 5.26. The maximum atomic E-state index is 12.5. The molecule has 0 aliphatic carbocycles. The molecule has 1 aromatic carbocycles. The summed E-state index contributed by atoms with van der Waals surface area (Å²) in [5, 5.41) is 0. The molecule has 0 bridgehead atoms. The van der Waals surface area contributed by atoms with Crippen molar-refractivity contribution in [3.05, 3.63) is 23.8 Å². The SMILES string of the molecule is CCCSc1ccc(C(F)(F)F)cc1OCC(F)F. The summed E-state index contributed by atoms with van der Waals surface area (Å²) in [6.45, 7) is 0.998.